The van der Waals surface area contributed by atoms with Gasteiger partial charge in [0, 0.05) is 6.54 Å². The molecule has 2 aromatic rings. The molecule has 4 rings (SSSR count). The Kier molecular flexibility index (Phi) is 6.40. The van der Waals surface area contributed by atoms with E-state index in [9.17, 15) is 18.8 Å². The highest BCUT2D eigenvalue weighted by atomic mass is 19.1. The first-order valence-electron chi connectivity index (χ1n) is 10.8. The van der Waals surface area contributed by atoms with E-state index >= 15 is 0 Å². The van der Waals surface area contributed by atoms with E-state index in [0.29, 0.717) is 35.0 Å². The van der Waals surface area contributed by atoms with Crippen LogP contribution in [0.4, 0.5) is 14.9 Å². The second-order valence-electron chi connectivity index (χ2n) is 7.90. The summed E-state index contributed by atoms with van der Waals surface area (Å²) in [6.45, 7) is 3.63. The third-order valence-corrected chi connectivity index (χ3v) is 5.72. The fraction of sp³-hybridized carbons (Fsp3) is 0.292. The number of anilines is 1. The Morgan fingerprint density at radius 2 is 1.88 bits per heavy atom. The fourth-order valence-corrected chi connectivity index (χ4v) is 4.12. The zero-order chi connectivity index (χ0) is 24.4. The van der Waals surface area contributed by atoms with E-state index < -0.39 is 29.7 Å². The Labute approximate surface area is 196 Å². The molecule has 0 radical (unpaired) electrons. The maximum atomic E-state index is 13.5. The molecule has 1 N–H and O–H groups in total. The first-order valence-corrected chi connectivity index (χ1v) is 10.8. The monoisotopic (exact) mass is 466 g/mol. The Bertz CT molecular complexity index is 1210. The third kappa shape index (κ3) is 4.26. The van der Waals surface area contributed by atoms with Gasteiger partial charge in [0.05, 0.1) is 12.8 Å². The molecule has 2 aromatic carbocycles. The summed E-state index contributed by atoms with van der Waals surface area (Å²) >= 11 is 0. The zero-order valence-corrected chi connectivity index (χ0v) is 19.1. The molecule has 1 atom stereocenters. The maximum absolute atomic E-state index is 13.5. The number of fused-ring (bicyclic) bond motifs is 1. The molecule has 0 aliphatic carbocycles. The molecule has 2 aliphatic heterocycles. The summed E-state index contributed by atoms with van der Waals surface area (Å²) in [6, 6.07) is 11.1. The summed E-state index contributed by atoms with van der Waals surface area (Å²) in [5.74, 6) is -0.825. The number of hydrogen-bond acceptors (Lipinski definition) is 6. The van der Waals surface area contributed by atoms with Crippen LogP contribution in [0.5, 0.6) is 5.75 Å². The molecule has 9 nitrogen and oxygen atoms in total. The molecule has 1 unspecified atom stereocenters. The Balaban J connectivity index is 1.67. The van der Waals surface area contributed by atoms with Crippen LogP contribution in [0.2, 0.25) is 0 Å². The average Bonchev–Trinajstić information content (AvgIpc) is 3.17. The van der Waals surface area contributed by atoms with Crippen molar-refractivity contribution in [1.82, 2.24) is 9.91 Å². The number of carbonyl (C=O) groups is 3. The standard InChI is InChI=1S/C24H24FN5O4/c1-4-30-22-21(15(2)27-30)28(14-20(31)26-18-7-5-6-8-19(18)34-3)24(33)29(23(22)32)13-16-9-11-17(25)12-10-16/h5-12,22H,4,13-14H2,1-3H3/p+1. The second-order valence-corrected chi connectivity index (χ2v) is 7.90. The van der Waals surface area contributed by atoms with Gasteiger partial charge in [0.15, 0.2) is 12.3 Å². The van der Waals surface area contributed by atoms with Gasteiger partial charge < -0.3 is 10.1 Å². The van der Waals surface area contributed by atoms with Crippen LogP contribution in [0.3, 0.4) is 0 Å². The topological polar surface area (TPSA) is 94.3 Å². The number of ether oxygens (including phenoxy) is 1. The van der Waals surface area contributed by atoms with Gasteiger partial charge in [0.1, 0.15) is 23.8 Å². The molecule has 4 amide bonds. The number of likely N-dealkylation sites (N-methyl/N-ethyl adjacent to an activating group) is 1. The third-order valence-electron chi connectivity index (χ3n) is 5.72. The van der Waals surface area contributed by atoms with Gasteiger partial charge >= 0.3 is 11.9 Å². The van der Waals surface area contributed by atoms with Crippen molar-refractivity contribution in [2.75, 3.05) is 25.5 Å². The summed E-state index contributed by atoms with van der Waals surface area (Å²) in [5.41, 5.74) is 1.94. The van der Waals surface area contributed by atoms with Crippen molar-refractivity contribution in [3.05, 3.63) is 59.9 Å². The SMILES string of the molecule is CCN1N=C(C)C2=[N+](CC(=O)Nc3ccccc3OC)C(=O)N(Cc3ccc(F)cc3)C(=O)C21. The molecule has 176 valence electrons. The average molecular weight is 466 g/mol. The van der Waals surface area contributed by atoms with Crippen LogP contribution in [0.1, 0.15) is 19.4 Å². The number of methoxy groups -OCH3 is 1. The number of nitrogens with zero attached hydrogens (tertiary/aromatic N) is 4. The minimum absolute atomic E-state index is 0.0526. The lowest BCUT2D eigenvalue weighted by Crippen LogP contribution is -2.61. The predicted molar refractivity (Wildman–Crippen MR) is 123 cm³/mol. The van der Waals surface area contributed by atoms with Crippen molar-refractivity contribution in [2.45, 2.75) is 26.4 Å². The Morgan fingerprint density at radius 1 is 1.18 bits per heavy atom. The number of carbonyl (C=O) groups excluding carboxylic acids is 3. The van der Waals surface area contributed by atoms with Crippen molar-refractivity contribution in [3.8, 4) is 5.75 Å². The molecule has 2 heterocycles. The molecule has 0 aromatic heterocycles. The van der Waals surface area contributed by atoms with E-state index in [0.717, 1.165) is 4.90 Å². The van der Waals surface area contributed by atoms with Gasteiger partial charge in [-0.15, -0.1) is 0 Å². The fourth-order valence-electron chi connectivity index (χ4n) is 4.12. The summed E-state index contributed by atoms with van der Waals surface area (Å²) in [6.07, 6.45) is 0. The van der Waals surface area contributed by atoms with Crippen molar-refractivity contribution in [1.29, 1.82) is 0 Å². The number of urea groups is 1. The normalized spacial score (nSPS) is 17.6. The summed E-state index contributed by atoms with van der Waals surface area (Å²) in [5, 5.41) is 8.79. The van der Waals surface area contributed by atoms with Gasteiger partial charge in [-0.2, -0.15) is 19.4 Å². The molecular weight excluding hydrogens is 441 g/mol. The van der Waals surface area contributed by atoms with Gasteiger partial charge in [0.2, 0.25) is 6.04 Å². The smallest absolute Gasteiger partial charge is 0.495 e. The zero-order valence-electron chi connectivity index (χ0n) is 19.1. The number of nitrogens with one attached hydrogen (secondary N) is 1. The highest BCUT2D eigenvalue weighted by molar-refractivity contribution is 6.48. The van der Waals surface area contributed by atoms with E-state index in [1.54, 1.807) is 36.2 Å². The molecule has 0 saturated carbocycles. The van der Waals surface area contributed by atoms with E-state index in [2.05, 4.69) is 10.4 Å². The van der Waals surface area contributed by atoms with E-state index in [1.807, 2.05) is 6.92 Å². The molecule has 34 heavy (non-hydrogen) atoms. The predicted octanol–water partition coefficient (Wildman–Crippen LogP) is 2.47. The van der Waals surface area contributed by atoms with Crippen LogP contribution in [-0.2, 0) is 16.1 Å². The first-order chi connectivity index (χ1) is 16.3. The van der Waals surface area contributed by atoms with E-state index in [4.69, 9.17) is 4.74 Å². The number of benzene rings is 2. The number of halogens is 1. The van der Waals surface area contributed by atoms with Crippen molar-refractivity contribution >= 4 is 35.0 Å². The molecule has 0 spiro atoms. The summed E-state index contributed by atoms with van der Waals surface area (Å²) in [7, 11) is 1.50. The lowest BCUT2D eigenvalue weighted by molar-refractivity contribution is -0.427. The number of hydrogen-bond donors (Lipinski definition) is 1. The van der Waals surface area contributed by atoms with Crippen LogP contribution in [0.25, 0.3) is 0 Å². The van der Waals surface area contributed by atoms with Gasteiger partial charge in [0.25, 0.3) is 5.91 Å². The molecule has 0 bridgehead atoms. The Hall–Kier alpha value is -4.08. The molecular formula is C24H25FN5O4+. The first kappa shape index (κ1) is 23.1. The summed E-state index contributed by atoms with van der Waals surface area (Å²) in [4.78, 5) is 40.9. The minimum atomic E-state index is -0.817. The highest BCUT2D eigenvalue weighted by Crippen LogP contribution is 2.25. The number of para-hydroxylation sites is 2. The Morgan fingerprint density at radius 3 is 2.56 bits per heavy atom. The van der Waals surface area contributed by atoms with Crippen molar-refractivity contribution < 1.29 is 28.1 Å². The summed E-state index contributed by atoms with van der Waals surface area (Å²) < 4.78 is 19.9. The van der Waals surface area contributed by atoms with Gasteiger partial charge in [-0.05, 0) is 43.7 Å². The van der Waals surface area contributed by atoms with Gasteiger partial charge in [-0.3, -0.25) is 9.80 Å². The van der Waals surface area contributed by atoms with E-state index in [1.165, 1.54) is 36.0 Å². The number of rotatable bonds is 7. The minimum Gasteiger partial charge on any atom is -0.495 e. The van der Waals surface area contributed by atoms with E-state index in [-0.39, 0.29) is 13.1 Å². The lowest BCUT2D eigenvalue weighted by Gasteiger charge is -2.28. The van der Waals surface area contributed by atoms with Crippen LogP contribution in [0, 0.1) is 5.82 Å². The van der Waals surface area contributed by atoms with Crippen molar-refractivity contribution in [3.63, 3.8) is 0 Å². The number of amides is 4. The molecule has 10 heteroatoms. The quantitative estimate of drug-likeness (QED) is 0.633. The largest absolute Gasteiger partial charge is 0.501 e. The lowest BCUT2D eigenvalue weighted by atomic mass is 10.0. The van der Waals surface area contributed by atoms with Gasteiger partial charge in [-0.1, -0.05) is 24.3 Å². The number of imide groups is 1. The van der Waals surface area contributed by atoms with Crippen LogP contribution >= 0.6 is 0 Å². The van der Waals surface area contributed by atoms with Crippen LogP contribution in [-0.4, -0.2) is 70.0 Å². The maximum Gasteiger partial charge on any atom is 0.501 e. The second kappa shape index (κ2) is 9.42. The van der Waals surface area contributed by atoms with Gasteiger partial charge in [-0.25, -0.2) is 9.18 Å². The van der Waals surface area contributed by atoms with Crippen LogP contribution in [0.15, 0.2) is 53.6 Å². The molecule has 0 saturated heterocycles. The van der Waals surface area contributed by atoms with Crippen molar-refractivity contribution in [2.24, 2.45) is 5.10 Å². The highest BCUT2D eigenvalue weighted by Gasteiger charge is 2.54. The molecule has 2 aliphatic rings. The molecule has 0 fully saturated rings. The number of hydrazone groups is 1. The van der Waals surface area contributed by atoms with Crippen LogP contribution < -0.4 is 10.1 Å².